The number of rotatable bonds is 2. The summed E-state index contributed by atoms with van der Waals surface area (Å²) in [7, 11) is 0. The third-order valence-corrected chi connectivity index (χ3v) is 5.30. The Morgan fingerprint density at radius 2 is 1.92 bits per heavy atom. The summed E-state index contributed by atoms with van der Waals surface area (Å²) in [5.74, 6) is 0.254. The van der Waals surface area contributed by atoms with Gasteiger partial charge in [-0.25, -0.2) is 9.78 Å². The fraction of sp³-hybridized carbons (Fsp3) is 0.500. The first-order valence-corrected chi connectivity index (χ1v) is 9.40. The molecule has 0 saturated heterocycles. The number of carbonyl (C=O) groups is 2. The lowest BCUT2D eigenvalue weighted by atomic mass is 9.96. The van der Waals surface area contributed by atoms with Gasteiger partial charge >= 0.3 is 5.97 Å². The number of benzene rings is 1. The Morgan fingerprint density at radius 3 is 2.77 bits per heavy atom. The molecule has 6 heteroatoms. The first-order valence-electron chi connectivity index (χ1n) is 9.40. The molecule has 1 aliphatic heterocycles. The number of esters is 1. The number of ether oxygens (including phenoxy) is 1. The Hall–Kier alpha value is -2.50. The van der Waals surface area contributed by atoms with Gasteiger partial charge in [0, 0.05) is 19.4 Å². The fourth-order valence-corrected chi connectivity index (χ4v) is 3.82. The number of ketones is 1. The second-order valence-corrected chi connectivity index (χ2v) is 7.13. The number of aryl methyl sites for hydroxylation is 1. The van der Waals surface area contributed by atoms with E-state index in [9.17, 15) is 14.4 Å². The molecule has 1 aromatic heterocycles. The van der Waals surface area contributed by atoms with Crippen LogP contribution < -0.4 is 5.56 Å². The molecule has 1 fully saturated rings. The molecule has 0 spiro atoms. The van der Waals surface area contributed by atoms with Gasteiger partial charge in [0.2, 0.25) is 0 Å². The Morgan fingerprint density at radius 1 is 1.08 bits per heavy atom. The molecule has 0 radical (unpaired) electrons. The quantitative estimate of drug-likeness (QED) is 0.775. The van der Waals surface area contributed by atoms with Gasteiger partial charge in [0.1, 0.15) is 5.82 Å². The zero-order valence-electron chi connectivity index (χ0n) is 14.7. The summed E-state index contributed by atoms with van der Waals surface area (Å²) in [5, 5.41) is 0.515. The Bertz CT molecular complexity index is 931. The van der Waals surface area contributed by atoms with E-state index in [1.807, 2.05) is 0 Å². The predicted molar refractivity (Wildman–Crippen MR) is 96.2 cm³/mol. The molecule has 1 atom stereocenters. The molecule has 136 valence electrons. The van der Waals surface area contributed by atoms with E-state index >= 15 is 0 Å². The third kappa shape index (κ3) is 3.16. The molecule has 4 rings (SSSR count). The van der Waals surface area contributed by atoms with E-state index in [4.69, 9.17) is 4.74 Å². The maximum Gasteiger partial charge on any atom is 0.338 e. The summed E-state index contributed by atoms with van der Waals surface area (Å²) in [6.07, 6.45) is 6.04. The van der Waals surface area contributed by atoms with Crippen molar-refractivity contribution in [2.45, 2.75) is 64.0 Å². The van der Waals surface area contributed by atoms with Gasteiger partial charge in [-0.3, -0.25) is 14.2 Å². The van der Waals surface area contributed by atoms with Gasteiger partial charge in [-0.05, 0) is 50.3 Å². The van der Waals surface area contributed by atoms with Crippen molar-refractivity contribution in [2.75, 3.05) is 0 Å². The topological polar surface area (TPSA) is 78.3 Å². The number of hydrogen-bond acceptors (Lipinski definition) is 5. The van der Waals surface area contributed by atoms with Crippen LogP contribution in [0.2, 0.25) is 0 Å². The SMILES string of the molecule is O=C(O[C@H]1CCCCC1=O)c1ccc2c(=O)n3c(nc2c1)CCCCC3. The van der Waals surface area contributed by atoms with Gasteiger partial charge in [0.15, 0.2) is 11.9 Å². The van der Waals surface area contributed by atoms with Crippen LogP contribution in [0.25, 0.3) is 10.9 Å². The second kappa shape index (κ2) is 7.02. The molecule has 0 bridgehead atoms. The smallest absolute Gasteiger partial charge is 0.338 e. The average molecular weight is 354 g/mol. The molecule has 1 saturated carbocycles. The largest absolute Gasteiger partial charge is 0.451 e. The molecule has 6 nitrogen and oxygen atoms in total. The van der Waals surface area contributed by atoms with Gasteiger partial charge in [0.25, 0.3) is 5.56 Å². The average Bonchev–Trinajstić information content (AvgIpc) is 2.89. The van der Waals surface area contributed by atoms with Crippen LogP contribution in [0.4, 0.5) is 0 Å². The maximum atomic E-state index is 12.7. The van der Waals surface area contributed by atoms with Crippen molar-refractivity contribution in [2.24, 2.45) is 0 Å². The summed E-state index contributed by atoms with van der Waals surface area (Å²) >= 11 is 0. The highest BCUT2D eigenvalue weighted by Crippen LogP contribution is 2.20. The Balaban J connectivity index is 1.65. The van der Waals surface area contributed by atoms with E-state index in [0.717, 1.165) is 44.3 Å². The lowest BCUT2D eigenvalue weighted by molar-refractivity contribution is -0.129. The summed E-state index contributed by atoms with van der Waals surface area (Å²) in [4.78, 5) is 41.7. The minimum Gasteiger partial charge on any atom is -0.451 e. The highest BCUT2D eigenvalue weighted by molar-refractivity contribution is 5.96. The number of aromatic nitrogens is 2. The molecule has 26 heavy (non-hydrogen) atoms. The Labute approximate surface area is 151 Å². The summed E-state index contributed by atoms with van der Waals surface area (Å²) in [6.45, 7) is 0.699. The van der Waals surface area contributed by atoms with Crippen molar-refractivity contribution in [3.63, 3.8) is 0 Å². The normalized spacial score (nSPS) is 20.5. The molecule has 0 amide bonds. The first kappa shape index (κ1) is 16.9. The van der Waals surface area contributed by atoms with Crippen LogP contribution >= 0.6 is 0 Å². The molecular formula is C20H22N2O4. The Kier molecular flexibility index (Phi) is 4.57. The van der Waals surface area contributed by atoms with E-state index in [2.05, 4.69) is 4.98 Å². The van der Waals surface area contributed by atoms with Crippen LogP contribution in [0.3, 0.4) is 0 Å². The van der Waals surface area contributed by atoms with E-state index in [-0.39, 0.29) is 11.3 Å². The van der Waals surface area contributed by atoms with E-state index < -0.39 is 12.1 Å². The van der Waals surface area contributed by atoms with Crippen molar-refractivity contribution < 1.29 is 14.3 Å². The predicted octanol–water partition coefficient (Wildman–Crippen LogP) is 2.79. The van der Waals surface area contributed by atoms with Gasteiger partial charge < -0.3 is 4.74 Å². The van der Waals surface area contributed by atoms with Crippen LogP contribution in [0.1, 0.15) is 61.1 Å². The zero-order chi connectivity index (χ0) is 18.1. The summed E-state index contributed by atoms with van der Waals surface area (Å²) in [5.41, 5.74) is 0.809. The molecule has 2 aliphatic rings. The first-order chi connectivity index (χ1) is 12.6. The van der Waals surface area contributed by atoms with Gasteiger partial charge in [-0.1, -0.05) is 6.42 Å². The van der Waals surface area contributed by atoms with E-state index in [1.165, 1.54) is 0 Å². The van der Waals surface area contributed by atoms with Crippen molar-refractivity contribution in [3.8, 4) is 0 Å². The monoisotopic (exact) mass is 354 g/mol. The van der Waals surface area contributed by atoms with Crippen molar-refractivity contribution in [3.05, 3.63) is 39.9 Å². The van der Waals surface area contributed by atoms with Gasteiger partial charge in [0.05, 0.1) is 16.5 Å². The minimum absolute atomic E-state index is 0.00733. The van der Waals surface area contributed by atoms with E-state index in [1.54, 1.807) is 22.8 Å². The van der Waals surface area contributed by atoms with Crippen LogP contribution in [-0.4, -0.2) is 27.4 Å². The third-order valence-electron chi connectivity index (χ3n) is 5.30. The summed E-state index contributed by atoms with van der Waals surface area (Å²) in [6, 6.07) is 4.84. The lowest BCUT2D eigenvalue weighted by Crippen LogP contribution is -2.30. The number of Topliss-reactive ketones (excluding diaryl/α,β-unsaturated/α-hetero) is 1. The van der Waals surface area contributed by atoms with Crippen molar-refractivity contribution in [1.29, 1.82) is 0 Å². The van der Waals surface area contributed by atoms with Crippen molar-refractivity contribution >= 4 is 22.7 Å². The zero-order valence-corrected chi connectivity index (χ0v) is 14.7. The maximum absolute atomic E-state index is 12.7. The lowest BCUT2D eigenvalue weighted by Gasteiger charge is -2.20. The van der Waals surface area contributed by atoms with Crippen molar-refractivity contribution in [1.82, 2.24) is 9.55 Å². The molecule has 1 aromatic carbocycles. The molecule has 2 aromatic rings. The summed E-state index contributed by atoms with van der Waals surface area (Å²) < 4.78 is 7.16. The van der Waals surface area contributed by atoms with Crippen LogP contribution in [0.5, 0.6) is 0 Å². The fourth-order valence-electron chi connectivity index (χ4n) is 3.82. The van der Waals surface area contributed by atoms with Crippen LogP contribution in [-0.2, 0) is 22.5 Å². The number of fused-ring (bicyclic) bond motifs is 2. The second-order valence-electron chi connectivity index (χ2n) is 7.13. The number of nitrogens with zero attached hydrogens (tertiary/aromatic N) is 2. The van der Waals surface area contributed by atoms with Crippen LogP contribution in [0, 0.1) is 0 Å². The number of hydrogen-bond donors (Lipinski definition) is 0. The van der Waals surface area contributed by atoms with Gasteiger partial charge in [-0.15, -0.1) is 0 Å². The van der Waals surface area contributed by atoms with E-state index in [0.29, 0.717) is 35.9 Å². The van der Waals surface area contributed by atoms with Gasteiger partial charge in [-0.2, -0.15) is 0 Å². The number of carbonyl (C=O) groups excluding carboxylic acids is 2. The highest BCUT2D eigenvalue weighted by atomic mass is 16.5. The molecule has 2 heterocycles. The van der Waals surface area contributed by atoms with Crippen LogP contribution in [0.15, 0.2) is 23.0 Å². The molecule has 0 N–H and O–H groups in total. The molecular weight excluding hydrogens is 332 g/mol. The standard InChI is InChI=1S/C20H22N2O4/c23-16-6-3-4-7-17(16)26-20(25)13-9-10-14-15(12-13)21-18-8-2-1-5-11-22(18)19(14)24/h9-10,12,17H,1-8,11H2/t17-/m0/s1. The minimum atomic E-state index is -0.641. The molecule has 0 unspecified atom stereocenters. The molecule has 1 aliphatic carbocycles. The highest BCUT2D eigenvalue weighted by Gasteiger charge is 2.26.